The third kappa shape index (κ3) is 9.96. The van der Waals surface area contributed by atoms with Gasteiger partial charge in [0.1, 0.15) is 0 Å². The van der Waals surface area contributed by atoms with Crippen molar-refractivity contribution in [2.75, 3.05) is 52.4 Å². The van der Waals surface area contributed by atoms with Crippen molar-refractivity contribution in [3.63, 3.8) is 0 Å². The van der Waals surface area contributed by atoms with E-state index in [2.05, 4.69) is 0 Å². The summed E-state index contributed by atoms with van der Waals surface area (Å²) in [7, 11) is 0. The van der Waals surface area contributed by atoms with Gasteiger partial charge in [0.15, 0.2) is 11.5 Å². The molecule has 10 heteroatoms. The Morgan fingerprint density at radius 1 is 0.435 bits per heavy atom. The Hall–Kier alpha value is -4.08. The SMILES string of the molecule is CCN(CC)C(=O)Oc1c(C)ccc(C)c1OC(=O)N(CC)CC.CCN(CC)C(=O)c1c(C)ccc(C)c1C(=O)N(CC)CC. The fourth-order valence-corrected chi connectivity index (χ4v) is 4.98. The van der Waals surface area contributed by atoms with Crippen LogP contribution in [0.5, 0.6) is 11.5 Å². The molecular formula is C36H56N4O6. The van der Waals surface area contributed by atoms with E-state index in [0.29, 0.717) is 75.0 Å². The molecule has 2 aromatic rings. The van der Waals surface area contributed by atoms with Crippen LogP contribution >= 0.6 is 0 Å². The monoisotopic (exact) mass is 640 g/mol. The largest absolute Gasteiger partial charge is 0.415 e. The molecule has 0 bridgehead atoms. The van der Waals surface area contributed by atoms with E-state index < -0.39 is 12.2 Å². The van der Waals surface area contributed by atoms with Gasteiger partial charge in [0, 0.05) is 52.4 Å². The van der Waals surface area contributed by atoms with E-state index in [0.717, 1.165) is 22.3 Å². The minimum atomic E-state index is -0.450. The predicted octanol–water partition coefficient (Wildman–Crippen LogP) is 7.25. The van der Waals surface area contributed by atoms with Crippen LogP contribution in [0.1, 0.15) is 98.4 Å². The molecule has 0 radical (unpaired) electrons. The summed E-state index contributed by atoms with van der Waals surface area (Å²) in [5.74, 6) is 0.489. The quantitative estimate of drug-likeness (QED) is 0.242. The summed E-state index contributed by atoms with van der Waals surface area (Å²) in [4.78, 5) is 56.9. The fourth-order valence-electron chi connectivity index (χ4n) is 4.98. The lowest BCUT2D eigenvalue weighted by Gasteiger charge is -2.25. The van der Waals surface area contributed by atoms with Gasteiger partial charge in [0.05, 0.1) is 11.1 Å². The average molecular weight is 641 g/mol. The maximum Gasteiger partial charge on any atom is 0.415 e. The van der Waals surface area contributed by atoms with Crippen LogP contribution in [0.4, 0.5) is 9.59 Å². The number of hydrogen-bond acceptors (Lipinski definition) is 6. The Bertz CT molecular complexity index is 1230. The van der Waals surface area contributed by atoms with Crippen LogP contribution in [-0.2, 0) is 0 Å². The number of ether oxygens (including phenoxy) is 2. The second-order valence-electron chi connectivity index (χ2n) is 10.8. The highest BCUT2D eigenvalue weighted by molar-refractivity contribution is 6.09. The molecule has 0 atom stereocenters. The number of aryl methyl sites for hydroxylation is 4. The van der Waals surface area contributed by atoms with Gasteiger partial charge in [-0.25, -0.2) is 9.59 Å². The van der Waals surface area contributed by atoms with E-state index in [9.17, 15) is 19.2 Å². The van der Waals surface area contributed by atoms with Gasteiger partial charge in [-0.15, -0.1) is 0 Å². The summed E-state index contributed by atoms with van der Waals surface area (Å²) < 4.78 is 11.1. The number of hydrogen-bond donors (Lipinski definition) is 0. The summed E-state index contributed by atoms with van der Waals surface area (Å²) in [6.07, 6.45) is -0.900. The summed E-state index contributed by atoms with van der Waals surface area (Å²) in [6.45, 7) is 27.6. The van der Waals surface area contributed by atoms with Crippen molar-refractivity contribution < 1.29 is 28.7 Å². The predicted molar refractivity (Wildman–Crippen MR) is 184 cm³/mol. The zero-order valence-corrected chi connectivity index (χ0v) is 30.2. The van der Waals surface area contributed by atoms with E-state index in [1.54, 1.807) is 19.6 Å². The van der Waals surface area contributed by atoms with Crippen LogP contribution < -0.4 is 9.47 Å². The molecule has 0 fully saturated rings. The Morgan fingerprint density at radius 2 is 0.674 bits per heavy atom. The molecule has 0 saturated heterocycles. The maximum absolute atomic E-state index is 12.9. The van der Waals surface area contributed by atoms with Gasteiger partial charge < -0.3 is 29.1 Å². The minimum absolute atomic E-state index is 0.0540. The van der Waals surface area contributed by atoms with E-state index in [1.807, 2.05) is 107 Å². The minimum Gasteiger partial charge on any atom is -0.406 e. The lowest BCUT2D eigenvalue weighted by Crippen LogP contribution is -2.36. The molecule has 10 nitrogen and oxygen atoms in total. The first-order valence-corrected chi connectivity index (χ1v) is 16.5. The molecule has 0 aliphatic heterocycles. The summed E-state index contributed by atoms with van der Waals surface area (Å²) in [6, 6.07) is 7.53. The molecule has 0 aromatic heterocycles. The van der Waals surface area contributed by atoms with E-state index in [-0.39, 0.29) is 11.8 Å². The average Bonchev–Trinajstić information content (AvgIpc) is 3.04. The molecule has 0 aliphatic carbocycles. The molecule has 2 aromatic carbocycles. The highest BCUT2D eigenvalue weighted by Crippen LogP contribution is 2.35. The lowest BCUT2D eigenvalue weighted by atomic mass is 9.95. The lowest BCUT2D eigenvalue weighted by molar-refractivity contribution is 0.0732. The first kappa shape index (κ1) is 39.9. The smallest absolute Gasteiger partial charge is 0.406 e. The second kappa shape index (κ2) is 19.4. The topological polar surface area (TPSA) is 99.7 Å². The molecule has 4 amide bonds. The van der Waals surface area contributed by atoms with Crippen LogP contribution in [0.2, 0.25) is 0 Å². The summed E-state index contributed by atoms with van der Waals surface area (Å²) in [5.41, 5.74) is 4.31. The standard InChI is InChI=1S/C18H28N2O4.C18H28N2O2/c1-7-19(8-2)17(21)23-15-13(5)11-12-14(6)16(15)24-18(22)20(9-3)10-4;1-7-19(8-2)17(21)15-13(5)11-12-14(6)16(15)18(22)20(9-3)10-4/h11-12H,7-10H2,1-6H3;11-12H,7-10H2,1-6H3. The van der Waals surface area contributed by atoms with Crippen molar-refractivity contribution in [2.45, 2.75) is 83.1 Å². The van der Waals surface area contributed by atoms with Crippen molar-refractivity contribution in [1.82, 2.24) is 19.6 Å². The van der Waals surface area contributed by atoms with E-state index >= 15 is 0 Å². The van der Waals surface area contributed by atoms with E-state index in [4.69, 9.17) is 9.47 Å². The number of carbonyl (C=O) groups excluding carboxylic acids is 4. The summed E-state index contributed by atoms with van der Waals surface area (Å²) >= 11 is 0. The van der Waals surface area contributed by atoms with Gasteiger partial charge in [-0.2, -0.15) is 0 Å². The Morgan fingerprint density at radius 3 is 0.913 bits per heavy atom. The zero-order chi connectivity index (χ0) is 35.1. The number of rotatable bonds is 12. The van der Waals surface area contributed by atoms with Gasteiger partial charge in [0.2, 0.25) is 0 Å². The van der Waals surface area contributed by atoms with Crippen molar-refractivity contribution >= 4 is 24.0 Å². The molecule has 0 spiro atoms. The maximum atomic E-state index is 12.9. The molecule has 2 rings (SSSR count). The number of nitrogens with zero attached hydrogens (tertiary/aromatic N) is 4. The molecule has 0 saturated carbocycles. The first-order chi connectivity index (χ1) is 21.8. The fraction of sp³-hybridized carbons (Fsp3) is 0.556. The van der Waals surface area contributed by atoms with E-state index in [1.165, 1.54) is 0 Å². The van der Waals surface area contributed by atoms with Crippen LogP contribution in [0.15, 0.2) is 24.3 Å². The Balaban J connectivity index is 0.000000462. The highest BCUT2D eigenvalue weighted by Gasteiger charge is 2.27. The second-order valence-corrected chi connectivity index (χ2v) is 10.8. The Kier molecular flexibility index (Phi) is 16.9. The zero-order valence-electron chi connectivity index (χ0n) is 30.2. The van der Waals surface area contributed by atoms with Crippen LogP contribution in [0.3, 0.4) is 0 Å². The van der Waals surface area contributed by atoms with Gasteiger partial charge in [0.25, 0.3) is 11.8 Å². The van der Waals surface area contributed by atoms with Crippen molar-refractivity contribution in [3.05, 3.63) is 57.6 Å². The van der Waals surface area contributed by atoms with Crippen LogP contribution in [0.25, 0.3) is 0 Å². The third-order valence-corrected chi connectivity index (χ3v) is 8.08. The normalized spacial score (nSPS) is 10.3. The number of amides is 4. The molecule has 46 heavy (non-hydrogen) atoms. The summed E-state index contributed by atoms with van der Waals surface area (Å²) in [5, 5.41) is 0. The number of carbonyl (C=O) groups is 4. The molecule has 0 unspecified atom stereocenters. The van der Waals surface area contributed by atoms with Crippen molar-refractivity contribution in [2.24, 2.45) is 0 Å². The molecule has 0 N–H and O–H groups in total. The Labute approximate surface area is 276 Å². The van der Waals surface area contributed by atoms with Crippen molar-refractivity contribution in [3.8, 4) is 11.5 Å². The molecule has 0 aliphatic rings. The highest BCUT2D eigenvalue weighted by atomic mass is 16.6. The van der Waals surface area contributed by atoms with Gasteiger partial charge in [-0.05, 0) is 105 Å². The van der Waals surface area contributed by atoms with Crippen LogP contribution in [0, 0.1) is 27.7 Å². The van der Waals surface area contributed by atoms with Crippen LogP contribution in [-0.4, -0.2) is 96.0 Å². The van der Waals surface area contributed by atoms with Gasteiger partial charge in [-0.3, -0.25) is 9.59 Å². The molecule has 256 valence electrons. The third-order valence-electron chi connectivity index (χ3n) is 8.08. The molecular weight excluding hydrogens is 584 g/mol. The first-order valence-electron chi connectivity index (χ1n) is 16.5. The molecule has 0 heterocycles. The number of benzene rings is 2. The van der Waals surface area contributed by atoms with Crippen molar-refractivity contribution in [1.29, 1.82) is 0 Å². The van der Waals surface area contributed by atoms with Gasteiger partial charge >= 0.3 is 12.2 Å². The van der Waals surface area contributed by atoms with Gasteiger partial charge in [-0.1, -0.05) is 24.3 Å².